The summed E-state index contributed by atoms with van der Waals surface area (Å²) in [6.45, 7) is 2.78. The summed E-state index contributed by atoms with van der Waals surface area (Å²) in [5.74, 6) is 1.56. The van der Waals surface area contributed by atoms with Crippen LogP contribution in [-0.2, 0) is 13.0 Å². The fourth-order valence-corrected chi connectivity index (χ4v) is 2.54. The molecule has 0 amide bonds. The quantitative estimate of drug-likeness (QED) is 0.739. The first kappa shape index (κ1) is 14.2. The van der Waals surface area contributed by atoms with Crippen LogP contribution in [-0.4, -0.2) is 16.7 Å². The maximum atomic E-state index is 9.04. The number of rotatable bonds is 4. The molecule has 1 heterocycles. The van der Waals surface area contributed by atoms with Gasteiger partial charge in [0.25, 0.3) is 0 Å². The van der Waals surface area contributed by atoms with E-state index in [4.69, 9.17) is 10.00 Å². The zero-order chi connectivity index (χ0) is 15.5. The highest BCUT2D eigenvalue weighted by Crippen LogP contribution is 2.23. The SMILES string of the molecule is COc1ccc2c(c1)nc(CC#N)n2Cc1ccc(C)cc1. The molecular formula is C18H17N3O. The smallest absolute Gasteiger partial charge is 0.124 e. The van der Waals surface area contributed by atoms with E-state index in [0.717, 1.165) is 22.6 Å². The Morgan fingerprint density at radius 2 is 1.95 bits per heavy atom. The lowest BCUT2D eigenvalue weighted by atomic mass is 10.1. The van der Waals surface area contributed by atoms with Gasteiger partial charge in [-0.1, -0.05) is 29.8 Å². The van der Waals surface area contributed by atoms with Crippen molar-refractivity contribution in [2.24, 2.45) is 0 Å². The average Bonchev–Trinajstić information content (AvgIpc) is 2.86. The predicted octanol–water partition coefficient (Wildman–Crippen LogP) is 3.47. The number of methoxy groups -OCH3 is 1. The van der Waals surface area contributed by atoms with E-state index in [1.54, 1.807) is 7.11 Å². The topological polar surface area (TPSA) is 50.8 Å². The minimum atomic E-state index is 0.295. The number of aryl methyl sites for hydroxylation is 1. The van der Waals surface area contributed by atoms with Crippen LogP contribution in [0.1, 0.15) is 17.0 Å². The van der Waals surface area contributed by atoms with Crippen LogP contribution in [0.15, 0.2) is 42.5 Å². The standard InChI is InChI=1S/C18H17N3O/c1-13-3-5-14(6-4-13)12-21-17-8-7-15(22-2)11-16(17)20-18(21)9-10-19/h3-8,11H,9,12H2,1-2H3. The number of hydrogen-bond acceptors (Lipinski definition) is 3. The first-order valence-corrected chi connectivity index (χ1v) is 7.17. The number of benzene rings is 2. The third-order valence-electron chi connectivity index (χ3n) is 3.73. The third-order valence-corrected chi connectivity index (χ3v) is 3.73. The van der Waals surface area contributed by atoms with Crippen molar-refractivity contribution in [2.45, 2.75) is 19.9 Å². The number of imidazole rings is 1. The molecule has 0 radical (unpaired) electrons. The Kier molecular flexibility index (Phi) is 3.80. The van der Waals surface area contributed by atoms with E-state index in [9.17, 15) is 0 Å². The summed E-state index contributed by atoms with van der Waals surface area (Å²) in [5, 5.41) is 9.04. The Morgan fingerprint density at radius 1 is 1.18 bits per heavy atom. The molecule has 0 saturated carbocycles. The van der Waals surface area contributed by atoms with E-state index < -0.39 is 0 Å². The van der Waals surface area contributed by atoms with Crippen molar-refractivity contribution < 1.29 is 4.74 Å². The Bertz CT molecular complexity index is 841. The summed E-state index contributed by atoms with van der Waals surface area (Å²) in [6, 6.07) is 16.4. The van der Waals surface area contributed by atoms with E-state index in [1.165, 1.54) is 11.1 Å². The second-order valence-corrected chi connectivity index (χ2v) is 5.29. The van der Waals surface area contributed by atoms with E-state index in [0.29, 0.717) is 13.0 Å². The van der Waals surface area contributed by atoms with Crippen LogP contribution >= 0.6 is 0 Å². The van der Waals surface area contributed by atoms with E-state index >= 15 is 0 Å². The largest absolute Gasteiger partial charge is 0.497 e. The summed E-state index contributed by atoms with van der Waals surface area (Å²) in [4.78, 5) is 4.59. The molecule has 2 aromatic carbocycles. The predicted molar refractivity (Wildman–Crippen MR) is 85.9 cm³/mol. The van der Waals surface area contributed by atoms with Gasteiger partial charge in [-0.15, -0.1) is 0 Å². The molecule has 0 unspecified atom stereocenters. The van der Waals surface area contributed by atoms with Gasteiger partial charge >= 0.3 is 0 Å². The summed E-state index contributed by atoms with van der Waals surface area (Å²) in [7, 11) is 1.64. The molecule has 0 saturated heterocycles. The van der Waals surface area contributed by atoms with Crippen molar-refractivity contribution in [1.29, 1.82) is 5.26 Å². The molecule has 0 fully saturated rings. The minimum absolute atomic E-state index is 0.295. The Hall–Kier alpha value is -2.80. The Balaban J connectivity index is 2.07. The first-order chi connectivity index (χ1) is 10.7. The van der Waals surface area contributed by atoms with Crippen molar-refractivity contribution in [3.63, 3.8) is 0 Å². The Labute approximate surface area is 129 Å². The van der Waals surface area contributed by atoms with Gasteiger partial charge in [0.2, 0.25) is 0 Å². The monoisotopic (exact) mass is 291 g/mol. The lowest BCUT2D eigenvalue weighted by Crippen LogP contribution is -2.04. The number of ether oxygens (including phenoxy) is 1. The third kappa shape index (κ3) is 2.66. The summed E-state index contributed by atoms with van der Waals surface area (Å²) in [6.07, 6.45) is 0.295. The van der Waals surface area contributed by atoms with Gasteiger partial charge in [-0.25, -0.2) is 4.98 Å². The molecule has 0 spiro atoms. The van der Waals surface area contributed by atoms with Gasteiger partial charge in [-0.3, -0.25) is 0 Å². The van der Waals surface area contributed by atoms with Crippen LogP contribution in [0.5, 0.6) is 5.75 Å². The van der Waals surface area contributed by atoms with Crippen molar-refractivity contribution >= 4 is 11.0 Å². The van der Waals surface area contributed by atoms with Crippen LogP contribution in [0.3, 0.4) is 0 Å². The molecule has 3 rings (SSSR count). The molecule has 0 atom stereocenters. The summed E-state index contributed by atoms with van der Waals surface area (Å²) in [5.41, 5.74) is 4.31. The van der Waals surface area contributed by atoms with Crippen LogP contribution in [0.25, 0.3) is 11.0 Å². The zero-order valence-electron chi connectivity index (χ0n) is 12.7. The molecule has 110 valence electrons. The molecule has 4 nitrogen and oxygen atoms in total. The molecule has 0 bridgehead atoms. The Morgan fingerprint density at radius 3 is 2.64 bits per heavy atom. The average molecular weight is 291 g/mol. The lowest BCUT2D eigenvalue weighted by Gasteiger charge is -2.08. The van der Waals surface area contributed by atoms with Crippen molar-refractivity contribution in [3.8, 4) is 11.8 Å². The molecular weight excluding hydrogens is 274 g/mol. The first-order valence-electron chi connectivity index (χ1n) is 7.17. The molecule has 0 N–H and O–H groups in total. The maximum Gasteiger partial charge on any atom is 0.124 e. The molecule has 4 heteroatoms. The van der Waals surface area contributed by atoms with Crippen LogP contribution < -0.4 is 4.74 Å². The lowest BCUT2D eigenvalue weighted by molar-refractivity contribution is 0.415. The van der Waals surface area contributed by atoms with E-state index in [2.05, 4.69) is 46.8 Å². The molecule has 1 aromatic heterocycles. The van der Waals surface area contributed by atoms with Gasteiger partial charge in [0, 0.05) is 12.6 Å². The summed E-state index contributed by atoms with van der Waals surface area (Å²) >= 11 is 0. The number of aromatic nitrogens is 2. The highest BCUT2D eigenvalue weighted by Gasteiger charge is 2.11. The highest BCUT2D eigenvalue weighted by molar-refractivity contribution is 5.78. The van der Waals surface area contributed by atoms with E-state index in [-0.39, 0.29) is 0 Å². The van der Waals surface area contributed by atoms with Gasteiger partial charge in [0.05, 0.1) is 30.6 Å². The van der Waals surface area contributed by atoms with Crippen LogP contribution in [0.4, 0.5) is 0 Å². The molecule has 0 aliphatic rings. The number of nitrogens with zero attached hydrogens (tertiary/aromatic N) is 3. The summed E-state index contributed by atoms with van der Waals surface area (Å²) < 4.78 is 7.35. The number of fused-ring (bicyclic) bond motifs is 1. The van der Waals surface area contributed by atoms with Crippen molar-refractivity contribution in [2.75, 3.05) is 7.11 Å². The van der Waals surface area contributed by atoms with Gasteiger partial charge in [-0.05, 0) is 24.6 Å². The molecule has 0 aliphatic heterocycles. The normalized spacial score (nSPS) is 10.6. The van der Waals surface area contributed by atoms with Crippen molar-refractivity contribution in [3.05, 3.63) is 59.4 Å². The maximum absolute atomic E-state index is 9.04. The van der Waals surface area contributed by atoms with Gasteiger partial charge in [0.1, 0.15) is 11.6 Å². The molecule has 0 aliphatic carbocycles. The fourth-order valence-electron chi connectivity index (χ4n) is 2.54. The molecule has 22 heavy (non-hydrogen) atoms. The second-order valence-electron chi connectivity index (χ2n) is 5.29. The fraction of sp³-hybridized carbons (Fsp3) is 0.222. The van der Waals surface area contributed by atoms with Gasteiger partial charge in [0.15, 0.2) is 0 Å². The van der Waals surface area contributed by atoms with Gasteiger partial charge < -0.3 is 9.30 Å². The highest BCUT2D eigenvalue weighted by atomic mass is 16.5. The molecule has 3 aromatic rings. The van der Waals surface area contributed by atoms with Gasteiger partial charge in [-0.2, -0.15) is 5.26 Å². The van der Waals surface area contributed by atoms with Crippen LogP contribution in [0, 0.1) is 18.3 Å². The van der Waals surface area contributed by atoms with Crippen LogP contribution in [0.2, 0.25) is 0 Å². The van der Waals surface area contributed by atoms with E-state index in [1.807, 2.05) is 18.2 Å². The number of nitriles is 1. The number of hydrogen-bond donors (Lipinski definition) is 0. The minimum Gasteiger partial charge on any atom is -0.497 e. The second kappa shape index (κ2) is 5.90. The zero-order valence-corrected chi connectivity index (χ0v) is 12.7. The van der Waals surface area contributed by atoms with Crippen molar-refractivity contribution in [1.82, 2.24) is 9.55 Å².